The van der Waals surface area contributed by atoms with Crippen molar-refractivity contribution in [3.8, 4) is 0 Å². The lowest BCUT2D eigenvalue weighted by Crippen LogP contribution is -2.10. The Morgan fingerprint density at radius 3 is 2.52 bits per heavy atom. The molecule has 0 radical (unpaired) electrons. The van der Waals surface area contributed by atoms with Gasteiger partial charge in [-0.2, -0.15) is 4.98 Å². The number of para-hydroxylation sites is 1. The average Bonchev–Trinajstić information content (AvgIpc) is 2.59. The molecular formula is C17H17FN4O. The lowest BCUT2D eigenvalue weighted by Gasteiger charge is -2.11. The Balaban J connectivity index is 1.83. The van der Waals surface area contributed by atoms with Crippen LogP contribution in [0.15, 0.2) is 48.5 Å². The molecule has 0 atom stereocenters. The van der Waals surface area contributed by atoms with E-state index in [0.29, 0.717) is 24.9 Å². The molecule has 0 aliphatic heterocycles. The van der Waals surface area contributed by atoms with Gasteiger partial charge in [-0.1, -0.05) is 24.3 Å². The molecule has 118 valence electrons. The van der Waals surface area contributed by atoms with Crippen molar-refractivity contribution in [2.75, 3.05) is 23.8 Å². The van der Waals surface area contributed by atoms with Crippen LogP contribution < -0.4 is 10.6 Å². The summed E-state index contributed by atoms with van der Waals surface area (Å²) in [5, 5.41) is 16.1. The van der Waals surface area contributed by atoms with Crippen LogP contribution in [0.4, 0.5) is 16.2 Å². The third kappa shape index (κ3) is 3.73. The fourth-order valence-electron chi connectivity index (χ4n) is 2.25. The highest BCUT2D eigenvalue weighted by Gasteiger charge is 2.07. The van der Waals surface area contributed by atoms with Gasteiger partial charge < -0.3 is 15.7 Å². The van der Waals surface area contributed by atoms with E-state index in [0.717, 1.165) is 16.5 Å². The van der Waals surface area contributed by atoms with Crippen LogP contribution in [-0.2, 0) is 6.54 Å². The normalized spacial score (nSPS) is 10.7. The number of aliphatic hydroxyl groups excluding tert-OH is 1. The van der Waals surface area contributed by atoms with Crippen LogP contribution in [0.25, 0.3) is 10.9 Å². The first-order chi connectivity index (χ1) is 11.3. The highest BCUT2D eigenvalue weighted by atomic mass is 19.1. The maximum absolute atomic E-state index is 12.9. The number of hydrogen-bond acceptors (Lipinski definition) is 5. The fraction of sp³-hybridized carbons (Fsp3) is 0.176. The van der Waals surface area contributed by atoms with Gasteiger partial charge in [-0.25, -0.2) is 9.37 Å². The van der Waals surface area contributed by atoms with Gasteiger partial charge in [0.1, 0.15) is 11.6 Å². The molecule has 0 aliphatic rings. The number of aromatic nitrogens is 2. The zero-order valence-electron chi connectivity index (χ0n) is 12.5. The summed E-state index contributed by atoms with van der Waals surface area (Å²) >= 11 is 0. The van der Waals surface area contributed by atoms with Crippen LogP contribution in [0, 0.1) is 5.82 Å². The predicted molar refractivity (Wildman–Crippen MR) is 88.8 cm³/mol. The van der Waals surface area contributed by atoms with Gasteiger partial charge in [0.15, 0.2) is 0 Å². The summed E-state index contributed by atoms with van der Waals surface area (Å²) in [7, 11) is 0. The fourth-order valence-corrected chi connectivity index (χ4v) is 2.25. The smallest absolute Gasteiger partial charge is 0.225 e. The Bertz CT molecular complexity index is 792. The van der Waals surface area contributed by atoms with E-state index in [1.165, 1.54) is 12.1 Å². The highest BCUT2D eigenvalue weighted by molar-refractivity contribution is 5.89. The van der Waals surface area contributed by atoms with Crippen molar-refractivity contribution in [3.63, 3.8) is 0 Å². The predicted octanol–water partition coefficient (Wildman–Crippen LogP) is 2.79. The van der Waals surface area contributed by atoms with Gasteiger partial charge in [0.2, 0.25) is 5.95 Å². The molecular weight excluding hydrogens is 295 g/mol. The Labute approximate surface area is 133 Å². The Morgan fingerprint density at radius 1 is 0.957 bits per heavy atom. The molecule has 23 heavy (non-hydrogen) atoms. The molecule has 2 aromatic carbocycles. The maximum Gasteiger partial charge on any atom is 0.225 e. The average molecular weight is 312 g/mol. The first-order valence-corrected chi connectivity index (χ1v) is 7.36. The summed E-state index contributed by atoms with van der Waals surface area (Å²) in [6.07, 6.45) is 0. The number of nitrogens with one attached hydrogen (secondary N) is 2. The monoisotopic (exact) mass is 312 g/mol. The second-order valence-electron chi connectivity index (χ2n) is 5.04. The number of rotatable bonds is 6. The molecule has 3 aromatic rings. The van der Waals surface area contributed by atoms with Crippen LogP contribution >= 0.6 is 0 Å². The van der Waals surface area contributed by atoms with Crippen molar-refractivity contribution >= 4 is 22.7 Å². The zero-order valence-corrected chi connectivity index (χ0v) is 12.5. The van der Waals surface area contributed by atoms with Crippen LogP contribution in [0.3, 0.4) is 0 Å². The van der Waals surface area contributed by atoms with E-state index in [-0.39, 0.29) is 12.4 Å². The highest BCUT2D eigenvalue weighted by Crippen LogP contribution is 2.21. The van der Waals surface area contributed by atoms with E-state index in [9.17, 15) is 4.39 Å². The molecule has 0 spiro atoms. The van der Waals surface area contributed by atoms with Gasteiger partial charge in [0.05, 0.1) is 12.1 Å². The molecule has 0 saturated heterocycles. The van der Waals surface area contributed by atoms with Gasteiger partial charge in [-0.05, 0) is 29.8 Å². The molecule has 0 saturated carbocycles. The molecule has 1 heterocycles. The first kappa shape index (κ1) is 15.2. The van der Waals surface area contributed by atoms with E-state index in [2.05, 4.69) is 20.6 Å². The molecule has 0 bridgehead atoms. The summed E-state index contributed by atoms with van der Waals surface area (Å²) in [6.45, 7) is 0.938. The van der Waals surface area contributed by atoms with Crippen LogP contribution in [0.2, 0.25) is 0 Å². The minimum atomic E-state index is -0.258. The van der Waals surface area contributed by atoms with Crippen molar-refractivity contribution in [2.24, 2.45) is 0 Å². The van der Waals surface area contributed by atoms with E-state index >= 15 is 0 Å². The summed E-state index contributed by atoms with van der Waals surface area (Å²) in [5.74, 6) is 0.894. The van der Waals surface area contributed by atoms with Gasteiger partial charge in [-0.15, -0.1) is 0 Å². The number of aliphatic hydroxyl groups is 1. The van der Waals surface area contributed by atoms with Crippen LogP contribution in [-0.4, -0.2) is 28.2 Å². The second kappa shape index (κ2) is 7.02. The van der Waals surface area contributed by atoms with E-state index in [4.69, 9.17) is 5.11 Å². The number of hydrogen-bond donors (Lipinski definition) is 3. The van der Waals surface area contributed by atoms with Gasteiger partial charge in [0.25, 0.3) is 0 Å². The maximum atomic E-state index is 12.9. The van der Waals surface area contributed by atoms with Crippen molar-refractivity contribution < 1.29 is 9.50 Å². The largest absolute Gasteiger partial charge is 0.395 e. The molecule has 0 fully saturated rings. The summed E-state index contributed by atoms with van der Waals surface area (Å²) in [6, 6.07) is 13.9. The number of halogens is 1. The number of anilines is 2. The molecule has 0 unspecified atom stereocenters. The third-order valence-corrected chi connectivity index (χ3v) is 3.37. The first-order valence-electron chi connectivity index (χ1n) is 7.36. The molecule has 1 aromatic heterocycles. The molecule has 3 N–H and O–H groups in total. The Hall–Kier alpha value is -2.73. The Kier molecular flexibility index (Phi) is 4.63. The zero-order chi connectivity index (χ0) is 16.1. The lowest BCUT2D eigenvalue weighted by atomic mass is 10.2. The molecule has 0 aliphatic carbocycles. The number of fused-ring (bicyclic) bond motifs is 1. The lowest BCUT2D eigenvalue weighted by molar-refractivity contribution is 0.311. The second-order valence-corrected chi connectivity index (χ2v) is 5.04. The molecule has 5 nitrogen and oxygen atoms in total. The number of benzene rings is 2. The van der Waals surface area contributed by atoms with Crippen molar-refractivity contribution in [1.29, 1.82) is 0 Å². The quantitative estimate of drug-likeness (QED) is 0.653. The Morgan fingerprint density at radius 2 is 1.74 bits per heavy atom. The van der Waals surface area contributed by atoms with Gasteiger partial charge >= 0.3 is 0 Å². The molecule has 0 amide bonds. The van der Waals surface area contributed by atoms with Crippen molar-refractivity contribution in [2.45, 2.75) is 6.54 Å². The minimum Gasteiger partial charge on any atom is -0.395 e. The van der Waals surface area contributed by atoms with Crippen LogP contribution in [0.5, 0.6) is 0 Å². The van der Waals surface area contributed by atoms with Gasteiger partial charge in [-0.3, -0.25) is 0 Å². The topological polar surface area (TPSA) is 70.1 Å². The van der Waals surface area contributed by atoms with Crippen molar-refractivity contribution in [3.05, 3.63) is 59.9 Å². The van der Waals surface area contributed by atoms with Gasteiger partial charge in [0, 0.05) is 18.5 Å². The summed E-state index contributed by atoms with van der Waals surface area (Å²) < 4.78 is 12.9. The third-order valence-electron chi connectivity index (χ3n) is 3.37. The minimum absolute atomic E-state index is 0.0245. The van der Waals surface area contributed by atoms with E-state index < -0.39 is 0 Å². The standard InChI is InChI=1S/C17H17FN4O/c18-13-7-5-12(6-8-13)11-20-17-21-15-4-2-1-3-14(15)16(22-17)19-9-10-23/h1-8,23H,9-11H2,(H2,19,20,21,22). The van der Waals surface area contributed by atoms with E-state index in [1.54, 1.807) is 12.1 Å². The van der Waals surface area contributed by atoms with Crippen molar-refractivity contribution in [1.82, 2.24) is 9.97 Å². The van der Waals surface area contributed by atoms with Crippen LogP contribution in [0.1, 0.15) is 5.56 Å². The number of nitrogens with zero attached hydrogens (tertiary/aromatic N) is 2. The SMILES string of the molecule is OCCNc1nc(NCc2ccc(F)cc2)nc2ccccc12. The molecule has 6 heteroatoms. The summed E-state index contributed by atoms with van der Waals surface area (Å²) in [4.78, 5) is 8.93. The van der Waals surface area contributed by atoms with E-state index in [1.807, 2.05) is 24.3 Å². The molecule has 3 rings (SSSR count). The summed E-state index contributed by atoms with van der Waals surface area (Å²) in [5.41, 5.74) is 1.75.